The van der Waals surface area contributed by atoms with Gasteiger partial charge in [0.1, 0.15) is 5.15 Å². The Bertz CT molecular complexity index is 427. The molecule has 1 aromatic rings. The summed E-state index contributed by atoms with van der Waals surface area (Å²) in [5.41, 5.74) is 0.171. The zero-order valence-corrected chi connectivity index (χ0v) is 11.2. The summed E-state index contributed by atoms with van der Waals surface area (Å²) >= 11 is 5.73. The fourth-order valence-corrected chi connectivity index (χ4v) is 1.80. The minimum atomic E-state index is -0.918. The Labute approximate surface area is 106 Å². The van der Waals surface area contributed by atoms with Gasteiger partial charge >= 0.3 is 0 Å². The third-order valence-electron chi connectivity index (χ3n) is 2.25. The normalized spacial score (nSPS) is 11.4. The van der Waals surface area contributed by atoms with Gasteiger partial charge in [-0.15, -0.1) is 0 Å². The SMILES string of the molecule is Cc1nc(Cl)ccc1C(=O)N(C)CC(C)(C)O. The van der Waals surface area contributed by atoms with E-state index in [1.165, 1.54) is 4.90 Å². The molecule has 0 spiro atoms. The lowest BCUT2D eigenvalue weighted by atomic mass is 10.1. The molecule has 0 radical (unpaired) electrons. The van der Waals surface area contributed by atoms with Crippen molar-refractivity contribution in [2.24, 2.45) is 0 Å². The van der Waals surface area contributed by atoms with Crippen molar-refractivity contribution >= 4 is 17.5 Å². The van der Waals surface area contributed by atoms with E-state index >= 15 is 0 Å². The summed E-state index contributed by atoms with van der Waals surface area (Å²) in [6.45, 7) is 5.30. The Hall–Kier alpha value is -1.13. The molecule has 0 saturated heterocycles. The van der Waals surface area contributed by atoms with E-state index in [1.807, 2.05) is 0 Å². The second-order valence-electron chi connectivity index (χ2n) is 4.74. The molecule has 1 N–H and O–H groups in total. The molecule has 0 aliphatic carbocycles. The Morgan fingerprint density at radius 1 is 1.53 bits per heavy atom. The molecule has 1 rings (SSSR count). The average Bonchev–Trinajstić information content (AvgIpc) is 2.14. The van der Waals surface area contributed by atoms with Gasteiger partial charge in [-0.2, -0.15) is 0 Å². The van der Waals surface area contributed by atoms with Gasteiger partial charge in [-0.05, 0) is 32.9 Å². The highest BCUT2D eigenvalue weighted by Crippen LogP contribution is 2.14. The maximum absolute atomic E-state index is 12.1. The highest BCUT2D eigenvalue weighted by Gasteiger charge is 2.21. The fourth-order valence-electron chi connectivity index (χ4n) is 1.61. The Balaban J connectivity index is 2.89. The van der Waals surface area contributed by atoms with Crippen LogP contribution in [0.2, 0.25) is 5.15 Å². The number of pyridine rings is 1. The first-order valence-corrected chi connectivity index (χ1v) is 5.69. The number of amides is 1. The van der Waals surface area contributed by atoms with Crippen molar-refractivity contribution in [2.75, 3.05) is 13.6 Å². The maximum atomic E-state index is 12.1. The van der Waals surface area contributed by atoms with Crippen molar-refractivity contribution in [1.29, 1.82) is 0 Å². The smallest absolute Gasteiger partial charge is 0.255 e. The molecule has 1 aromatic heterocycles. The van der Waals surface area contributed by atoms with Crippen LogP contribution in [0.5, 0.6) is 0 Å². The molecule has 1 amide bonds. The number of hydrogen-bond acceptors (Lipinski definition) is 3. The van der Waals surface area contributed by atoms with Gasteiger partial charge in [0, 0.05) is 13.6 Å². The third kappa shape index (κ3) is 3.98. The number of aromatic nitrogens is 1. The minimum Gasteiger partial charge on any atom is -0.389 e. The highest BCUT2D eigenvalue weighted by atomic mass is 35.5. The van der Waals surface area contributed by atoms with Crippen LogP contribution in [0.3, 0.4) is 0 Å². The summed E-state index contributed by atoms with van der Waals surface area (Å²) in [4.78, 5) is 17.6. The van der Waals surface area contributed by atoms with Gasteiger partial charge in [0.2, 0.25) is 0 Å². The monoisotopic (exact) mass is 256 g/mol. The summed E-state index contributed by atoms with van der Waals surface area (Å²) in [7, 11) is 1.65. The van der Waals surface area contributed by atoms with Gasteiger partial charge in [0.15, 0.2) is 0 Å². The van der Waals surface area contributed by atoms with Crippen LogP contribution in [0.25, 0.3) is 0 Å². The molecular weight excluding hydrogens is 240 g/mol. The predicted molar refractivity (Wildman–Crippen MR) is 67.2 cm³/mol. The van der Waals surface area contributed by atoms with Crippen molar-refractivity contribution in [1.82, 2.24) is 9.88 Å². The van der Waals surface area contributed by atoms with Crippen molar-refractivity contribution in [3.05, 3.63) is 28.5 Å². The average molecular weight is 257 g/mol. The van der Waals surface area contributed by atoms with E-state index in [9.17, 15) is 9.90 Å². The van der Waals surface area contributed by atoms with Crippen LogP contribution in [0, 0.1) is 6.92 Å². The summed E-state index contributed by atoms with van der Waals surface area (Å²) in [6, 6.07) is 3.23. The molecule has 1 heterocycles. The van der Waals surface area contributed by atoms with E-state index < -0.39 is 5.60 Å². The number of rotatable bonds is 3. The van der Waals surface area contributed by atoms with Gasteiger partial charge in [0.25, 0.3) is 5.91 Å². The maximum Gasteiger partial charge on any atom is 0.255 e. The van der Waals surface area contributed by atoms with E-state index in [1.54, 1.807) is 40.0 Å². The number of hydrogen-bond donors (Lipinski definition) is 1. The number of aliphatic hydroxyl groups is 1. The zero-order chi connectivity index (χ0) is 13.2. The van der Waals surface area contributed by atoms with Gasteiger partial charge in [-0.1, -0.05) is 11.6 Å². The number of carbonyl (C=O) groups is 1. The van der Waals surface area contributed by atoms with Gasteiger partial charge in [-0.3, -0.25) is 4.79 Å². The minimum absolute atomic E-state index is 0.172. The van der Waals surface area contributed by atoms with E-state index in [0.29, 0.717) is 16.4 Å². The standard InChI is InChI=1S/C12H17ClN2O2/c1-8-9(5-6-10(13)14-8)11(16)15(4)7-12(2,3)17/h5-6,17H,7H2,1-4H3. The number of aryl methyl sites for hydroxylation is 1. The summed E-state index contributed by atoms with van der Waals surface area (Å²) in [5, 5.41) is 10.0. The third-order valence-corrected chi connectivity index (χ3v) is 2.46. The number of halogens is 1. The first-order valence-electron chi connectivity index (χ1n) is 5.32. The van der Waals surface area contributed by atoms with Crippen LogP contribution in [-0.2, 0) is 0 Å². The lowest BCUT2D eigenvalue weighted by Gasteiger charge is -2.25. The number of carbonyl (C=O) groups excluding carboxylic acids is 1. The van der Waals surface area contributed by atoms with E-state index in [-0.39, 0.29) is 12.5 Å². The Kier molecular flexibility index (Phi) is 4.11. The molecule has 5 heteroatoms. The second-order valence-corrected chi connectivity index (χ2v) is 5.13. The molecule has 0 atom stereocenters. The molecule has 0 aromatic carbocycles. The molecule has 0 saturated carbocycles. The lowest BCUT2D eigenvalue weighted by molar-refractivity contribution is 0.0367. The molecule has 0 bridgehead atoms. The Morgan fingerprint density at radius 2 is 2.12 bits per heavy atom. The van der Waals surface area contributed by atoms with E-state index in [4.69, 9.17) is 11.6 Å². The highest BCUT2D eigenvalue weighted by molar-refractivity contribution is 6.29. The van der Waals surface area contributed by atoms with Crippen molar-refractivity contribution in [2.45, 2.75) is 26.4 Å². The molecular formula is C12H17ClN2O2. The summed E-state index contributed by atoms with van der Waals surface area (Å²) in [6.07, 6.45) is 0. The van der Waals surface area contributed by atoms with Crippen LogP contribution in [0.4, 0.5) is 0 Å². The zero-order valence-electron chi connectivity index (χ0n) is 10.5. The van der Waals surface area contributed by atoms with Crippen molar-refractivity contribution < 1.29 is 9.90 Å². The fraction of sp³-hybridized carbons (Fsp3) is 0.500. The van der Waals surface area contributed by atoms with Gasteiger partial charge in [0.05, 0.1) is 16.9 Å². The van der Waals surface area contributed by atoms with Crippen LogP contribution in [0.15, 0.2) is 12.1 Å². The summed E-state index contributed by atoms with van der Waals surface area (Å²) < 4.78 is 0. The summed E-state index contributed by atoms with van der Waals surface area (Å²) in [5.74, 6) is -0.172. The van der Waals surface area contributed by atoms with Crippen LogP contribution in [-0.4, -0.2) is 40.1 Å². The largest absolute Gasteiger partial charge is 0.389 e. The number of likely N-dealkylation sites (N-methyl/N-ethyl adjacent to an activating group) is 1. The van der Waals surface area contributed by atoms with Crippen molar-refractivity contribution in [3.63, 3.8) is 0 Å². The van der Waals surface area contributed by atoms with Gasteiger partial charge in [-0.25, -0.2) is 4.98 Å². The van der Waals surface area contributed by atoms with Crippen LogP contribution < -0.4 is 0 Å². The molecule has 0 aliphatic rings. The molecule has 17 heavy (non-hydrogen) atoms. The molecule has 4 nitrogen and oxygen atoms in total. The Morgan fingerprint density at radius 3 is 2.59 bits per heavy atom. The van der Waals surface area contributed by atoms with Crippen molar-refractivity contribution in [3.8, 4) is 0 Å². The lowest BCUT2D eigenvalue weighted by Crippen LogP contribution is -2.40. The quantitative estimate of drug-likeness (QED) is 0.841. The molecule has 94 valence electrons. The van der Waals surface area contributed by atoms with E-state index in [0.717, 1.165) is 0 Å². The van der Waals surface area contributed by atoms with Gasteiger partial charge < -0.3 is 10.0 Å². The first-order chi connectivity index (χ1) is 7.70. The predicted octanol–water partition coefficient (Wildman–Crippen LogP) is 1.89. The molecule has 0 aliphatic heterocycles. The molecule has 0 fully saturated rings. The number of nitrogens with zero attached hydrogens (tertiary/aromatic N) is 2. The van der Waals surface area contributed by atoms with E-state index in [2.05, 4.69) is 4.98 Å². The molecule has 0 unspecified atom stereocenters. The van der Waals surface area contributed by atoms with Crippen LogP contribution >= 0.6 is 11.6 Å². The second kappa shape index (κ2) is 5.02. The topological polar surface area (TPSA) is 53.4 Å². The first kappa shape index (κ1) is 13.9. The van der Waals surface area contributed by atoms with Crippen LogP contribution in [0.1, 0.15) is 29.9 Å².